The third-order valence-electron chi connectivity index (χ3n) is 2.78. The van der Waals surface area contributed by atoms with E-state index >= 15 is 0 Å². The fraction of sp³-hybridized carbons (Fsp3) is 0.538. The van der Waals surface area contributed by atoms with Crippen LogP contribution in [0.1, 0.15) is 18.4 Å². The predicted octanol–water partition coefficient (Wildman–Crippen LogP) is 2.25. The summed E-state index contributed by atoms with van der Waals surface area (Å²) in [6, 6.07) is 4.73. The van der Waals surface area contributed by atoms with Crippen LogP contribution in [0, 0.1) is 5.82 Å². The van der Waals surface area contributed by atoms with E-state index in [1.807, 2.05) is 0 Å². The van der Waals surface area contributed by atoms with Crippen molar-refractivity contribution in [2.75, 3.05) is 20.3 Å². The maximum absolute atomic E-state index is 13.1. The van der Waals surface area contributed by atoms with Gasteiger partial charge in [0.25, 0.3) is 0 Å². The molecule has 0 heterocycles. The number of benzene rings is 1. The van der Waals surface area contributed by atoms with Crippen LogP contribution in [0.5, 0.6) is 0 Å². The number of rotatable bonds is 7. The molecule has 5 heteroatoms. The molecule has 1 aromatic carbocycles. The molecule has 18 heavy (non-hydrogen) atoms. The van der Waals surface area contributed by atoms with Gasteiger partial charge in [-0.25, -0.2) is 4.39 Å². The Bertz CT molecular complexity index is 389. The van der Waals surface area contributed by atoms with E-state index in [1.54, 1.807) is 19.2 Å². The third kappa shape index (κ3) is 4.65. The second-order valence-electron chi connectivity index (χ2n) is 4.47. The highest BCUT2D eigenvalue weighted by molar-refractivity contribution is 9.10. The summed E-state index contributed by atoms with van der Waals surface area (Å²) in [6.07, 6.45) is 1.70. The van der Waals surface area contributed by atoms with Crippen molar-refractivity contribution in [1.29, 1.82) is 0 Å². The van der Waals surface area contributed by atoms with Crippen molar-refractivity contribution in [3.8, 4) is 0 Å². The Morgan fingerprint density at radius 2 is 2.22 bits per heavy atom. The van der Waals surface area contributed by atoms with Gasteiger partial charge in [0.1, 0.15) is 5.82 Å². The summed E-state index contributed by atoms with van der Waals surface area (Å²) in [5.41, 5.74) is 5.37. The molecule has 0 aliphatic rings. The SMILES string of the molecule is COCC(O)(CCCN)Cc1ccc(F)c(Br)c1. The Morgan fingerprint density at radius 3 is 2.78 bits per heavy atom. The molecule has 0 saturated carbocycles. The molecule has 0 spiro atoms. The Balaban J connectivity index is 2.78. The number of methoxy groups -OCH3 is 1. The van der Waals surface area contributed by atoms with E-state index in [0.717, 1.165) is 12.0 Å². The number of nitrogens with two attached hydrogens (primary N) is 1. The van der Waals surface area contributed by atoms with Gasteiger partial charge in [-0.3, -0.25) is 0 Å². The van der Waals surface area contributed by atoms with E-state index < -0.39 is 5.60 Å². The first-order chi connectivity index (χ1) is 8.50. The van der Waals surface area contributed by atoms with Gasteiger partial charge in [0.15, 0.2) is 0 Å². The molecule has 102 valence electrons. The second kappa shape index (κ2) is 7.19. The van der Waals surface area contributed by atoms with Crippen molar-refractivity contribution >= 4 is 15.9 Å². The van der Waals surface area contributed by atoms with Gasteiger partial charge >= 0.3 is 0 Å². The van der Waals surface area contributed by atoms with Crippen LogP contribution in [0.4, 0.5) is 4.39 Å². The largest absolute Gasteiger partial charge is 0.387 e. The van der Waals surface area contributed by atoms with E-state index in [0.29, 0.717) is 23.9 Å². The maximum Gasteiger partial charge on any atom is 0.137 e. The van der Waals surface area contributed by atoms with Crippen molar-refractivity contribution in [1.82, 2.24) is 0 Å². The summed E-state index contributed by atoms with van der Waals surface area (Å²) in [4.78, 5) is 0. The van der Waals surface area contributed by atoms with Crippen LogP contribution in [-0.4, -0.2) is 31.0 Å². The maximum atomic E-state index is 13.1. The van der Waals surface area contributed by atoms with Crippen LogP contribution in [-0.2, 0) is 11.2 Å². The second-order valence-corrected chi connectivity index (χ2v) is 5.33. The molecular formula is C13H19BrFNO2. The minimum atomic E-state index is -0.953. The minimum absolute atomic E-state index is 0.238. The topological polar surface area (TPSA) is 55.5 Å². The van der Waals surface area contributed by atoms with Gasteiger partial charge in [0.05, 0.1) is 16.7 Å². The summed E-state index contributed by atoms with van der Waals surface area (Å²) in [7, 11) is 1.55. The number of aliphatic hydroxyl groups is 1. The molecule has 0 aliphatic heterocycles. The summed E-state index contributed by atoms with van der Waals surface area (Å²) < 4.78 is 18.6. The summed E-state index contributed by atoms with van der Waals surface area (Å²) in [5, 5.41) is 10.5. The molecule has 0 bridgehead atoms. The molecule has 3 N–H and O–H groups in total. The minimum Gasteiger partial charge on any atom is -0.387 e. The van der Waals surface area contributed by atoms with Gasteiger partial charge in [-0.15, -0.1) is 0 Å². The lowest BCUT2D eigenvalue weighted by Crippen LogP contribution is -2.37. The van der Waals surface area contributed by atoms with Crippen LogP contribution in [0.3, 0.4) is 0 Å². The first kappa shape index (κ1) is 15.6. The average Bonchev–Trinajstić information content (AvgIpc) is 2.32. The van der Waals surface area contributed by atoms with Crippen LogP contribution in [0.25, 0.3) is 0 Å². The van der Waals surface area contributed by atoms with Crippen molar-refractivity contribution in [3.63, 3.8) is 0 Å². The zero-order valence-corrected chi connectivity index (χ0v) is 12.0. The zero-order valence-electron chi connectivity index (χ0n) is 10.5. The first-order valence-electron chi connectivity index (χ1n) is 5.86. The highest BCUT2D eigenvalue weighted by atomic mass is 79.9. The number of hydrogen-bond acceptors (Lipinski definition) is 3. The lowest BCUT2D eigenvalue weighted by molar-refractivity contribution is -0.0375. The Labute approximate surface area is 115 Å². The normalized spacial score (nSPS) is 14.5. The molecule has 1 rings (SSSR count). The first-order valence-corrected chi connectivity index (χ1v) is 6.65. The molecule has 0 saturated heterocycles. The highest BCUT2D eigenvalue weighted by Gasteiger charge is 2.26. The van der Waals surface area contributed by atoms with Crippen LogP contribution in [0.15, 0.2) is 22.7 Å². The fourth-order valence-corrected chi connectivity index (χ4v) is 2.37. The summed E-state index contributed by atoms with van der Waals surface area (Å²) in [6.45, 7) is 0.765. The summed E-state index contributed by atoms with van der Waals surface area (Å²) >= 11 is 3.14. The van der Waals surface area contributed by atoms with Crippen molar-refractivity contribution in [2.24, 2.45) is 5.73 Å². The summed E-state index contributed by atoms with van der Waals surface area (Å²) in [5.74, 6) is -0.309. The van der Waals surface area contributed by atoms with Crippen molar-refractivity contribution in [3.05, 3.63) is 34.1 Å². The lowest BCUT2D eigenvalue weighted by atomic mass is 9.90. The molecule has 3 nitrogen and oxygen atoms in total. The van der Waals surface area contributed by atoms with Gasteiger partial charge < -0.3 is 15.6 Å². The monoisotopic (exact) mass is 319 g/mol. The van der Waals surface area contributed by atoms with Crippen LogP contribution in [0.2, 0.25) is 0 Å². The molecule has 1 atom stereocenters. The smallest absolute Gasteiger partial charge is 0.137 e. The number of ether oxygens (including phenoxy) is 1. The molecule has 1 aromatic rings. The van der Waals surface area contributed by atoms with Gasteiger partial charge in [-0.1, -0.05) is 6.07 Å². The van der Waals surface area contributed by atoms with E-state index in [9.17, 15) is 9.50 Å². The Hall–Kier alpha value is -0.490. The van der Waals surface area contributed by atoms with E-state index in [-0.39, 0.29) is 12.4 Å². The molecule has 0 radical (unpaired) electrons. The average molecular weight is 320 g/mol. The molecular weight excluding hydrogens is 301 g/mol. The zero-order chi connectivity index (χ0) is 13.6. The standard InChI is InChI=1S/C13H19BrFNO2/c1-18-9-13(17,5-2-6-16)8-10-3-4-12(15)11(14)7-10/h3-4,7,17H,2,5-6,8-9,16H2,1H3. The lowest BCUT2D eigenvalue weighted by Gasteiger charge is -2.27. The van der Waals surface area contributed by atoms with Gasteiger partial charge in [-0.05, 0) is 53.0 Å². The van der Waals surface area contributed by atoms with E-state index in [1.165, 1.54) is 6.07 Å². The molecule has 0 fully saturated rings. The molecule has 0 aromatic heterocycles. The van der Waals surface area contributed by atoms with Crippen molar-refractivity contribution < 1.29 is 14.2 Å². The Kier molecular flexibility index (Phi) is 6.21. The van der Waals surface area contributed by atoms with Gasteiger partial charge in [-0.2, -0.15) is 0 Å². The third-order valence-corrected chi connectivity index (χ3v) is 3.38. The van der Waals surface area contributed by atoms with E-state index in [4.69, 9.17) is 10.5 Å². The quantitative estimate of drug-likeness (QED) is 0.810. The van der Waals surface area contributed by atoms with Crippen LogP contribution < -0.4 is 5.73 Å². The van der Waals surface area contributed by atoms with Crippen molar-refractivity contribution in [2.45, 2.75) is 24.9 Å². The number of halogens is 2. The Morgan fingerprint density at radius 1 is 1.50 bits per heavy atom. The number of hydrogen-bond donors (Lipinski definition) is 2. The fourth-order valence-electron chi connectivity index (χ4n) is 1.94. The molecule has 1 unspecified atom stereocenters. The highest BCUT2D eigenvalue weighted by Crippen LogP contribution is 2.23. The molecule has 0 aliphatic carbocycles. The predicted molar refractivity (Wildman–Crippen MR) is 72.9 cm³/mol. The van der Waals surface area contributed by atoms with Crippen LogP contribution >= 0.6 is 15.9 Å². The van der Waals surface area contributed by atoms with E-state index in [2.05, 4.69) is 15.9 Å². The molecule has 0 amide bonds. The van der Waals surface area contributed by atoms with Gasteiger partial charge in [0, 0.05) is 13.5 Å². The van der Waals surface area contributed by atoms with Gasteiger partial charge in [0.2, 0.25) is 0 Å².